The first kappa shape index (κ1) is 20.9. The molecule has 30 heavy (non-hydrogen) atoms. The van der Waals surface area contributed by atoms with Crippen LogP contribution < -0.4 is 16.0 Å². The molecule has 0 unspecified atom stereocenters. The highest BCUT2D eigenvalue weighted by Crippen LogP contribution is 2.29. The monoisotopic (exact) mass is 416 g/mol. The van der Waals surface area contributed by atoms with Crippen molar-refractivity contribution >= 4 is 35.1 Å². The molecular weight excluding hydrogens is 398 g/mol. The van der Waals surface area contributed by atoms with Gasteiger partial charge in [0.25, 0.3) is 5.91 Å². The normalized spacial score (nSPS) is 18.2. The number of hydrogen-bond donors (Lipinski definition) is 3. The molecule has 2 aromatic carbocycles. The summed E-state index contributed by atoms with van der Waals surface area (Å²) in [6, 6.07) is 8.28. The maximum Gasteiger partial charge on any atom is 0.325 e. The molecule has 3 rings (SSSR count). The van der Waals surface area contributed by atoms with Crippen molar-refractivity contribution in [1.29, 1.82) is 0 Å². The highest BCUT2D eigenvalue weighted by atomic mass is 19.2. The first-order chi connectivity index (χ1) is 14.1. The summed E-state index contributed by atoms with van der Waals surface area (Å²) in [6.07, 6.45) is 0. The van der Waals surface area contributed by atoms with Crippen LogP contribution in [0.2, 0.25) is 0 Å². The van der Waals surface area contributed by atoms with Crippen LogP contribution in [-0.2, 0) is 19.9 Å². The molecule has 1 saturated heterocycles. The molecule has 1 aliphatic heterocycles. The van der Waals surface area contributed by atoms with Gasteiger partial charge >= 0.3 is 6.03 Å². The Labute approximate surface area is 170 Å². The van der Waals surface area contributed by atoms with Crippen molar-refractivity contribution < 1.29 is 28.0 Å². The number of urea groups is 1. The van der Waals surface area contributed by atoms with E-state index in [0.717, 1.165) is 12.1 Å². The van der Waals surface area contributed by atoms with E-state index < -0.39 is 41.6 Å². The molecular formula is C20H18F2N4O4. The summed E-state index contributed by atoms with van der Waals surface area (Å²) in [7, 11) is 0. The summed E-state index contributed by atoms with van der Waals surface area (Å²) in [5.41, 5.74) is -0.649. The Hall–Kier alpha value is -3.82. The lowest BCUT2D eigenvalue weighted by molar-refractivity contribution is -0.133. The number of nitrogens with zero attached hydrogens (tertiary/aromatic N) is 1. The minimum Gasteiger partial charge on any atom is -0.326 e. The fraction of sp³-hybridized carbons (Fsp3) is 0.200. The topological polar surface area (TPSA) is 108 Å². The zero-order valence-electron chi connectivity index (χ0n) is 16.1. The number of amides is 5. The summed E-state index contributed by atoms with van der Waals surface area (Å²) in [6.45, 7) is 2.14. The first-order valence-corrected chi connectivity index (χ1v) is 8.87. The molecule has 1 aliphatic rings. The molecule has 0 spiro atoms. The van der Waals surface area contributed by atoms with Gasteiger partial charge in [-0.15, -0.1) is 0 Å². The van der Waals surface area contributed by atoms with Crippen LogP contribution in [0.1, 0.15) is 19.4 Å². The standard InChI is InChI=1S/C20H18F2N4O4/c1-11(27)23-13-4-6-14(7-5-13)24-17(28)10-26-18(29)20(2,25-19(26)30)12-3-8-15(21)16(22)9-12/h3-9H,10H2,1-2H3,(H,23,27)(H,24,28)(H,25,30)/t20-/m0/s1. The van der Waals surface area contributed by atoms with Crippen molar-refractivity contribution in [2.75, 3.05) is 17.2 Å². The zero-order valence-corrected chi connectivity index (χ0v) is 16.1. The van der Waals surface area contributed by atoms with Gasteiger partial charge in [0, 0.05) is 18.3 Å². The minimum atomic E-state index is -1.63. The Morgan fingerprint density at radius 3 is 2.17 bits per heavy atom. The van der Waals surface area contributed by atoms with Gasteiger partial charge in [0.15, 0.2) is 11.6 Å². The van der Waals surface area contributed by atoms with E-state index in [1.807, 2.05) is 0 Å². The Morgan fingerprint density at radius 1 is 1.00 bits per heavy atom. The summed E-state index contributed by atoms with van der Waals surface area (Å²) in [4.78, 5) is 49.1. The number of hydrogen-bond acceptors (Lipinski definition) is 4. The second kappa shape index (κ2) is 7.90. The number of rotatable bonds is 5. The molecule has 0 saturated carbocycles. The maximum absolute atomic E-state index is 13.6. The summed E-state index contributed by atoms with van der Waals surface area (Å²) >= 11 is 0. The first-order valence-electron chi connectivity index (χ1n) is 8.87. The molecule has 0 aliphatic carbocycles. The molecule has 1 heterocycles. The second-order valence-electron chi connectivity index (χ2n) is 6.88. The van der Waals surface area contributed by atoms with E-state index >= 15 is 0 Å². The average molecular weight is 416 g/mol. The molecule has 8 nitrogen and oxygen atoms in total. The molecule has 5 amide bonds. The van der Waals surface area contributed by atoms with Crippen molar-refractivity contribution in [2.45, 2.75) is 19.4 Å². The molecule has 0 radical (unpaired) electrons. The van der Waals surface area contributed by atoms with Crippen molar-refractivity contribution in [2.24, 2.45) is 0 Å². The lowest BCUT2D eigenvalue weighted by Crippen LogP contribution is -2.42. The minimum absolute atomic E-state index is 0.0521. The van der Waals surface area contributed by atoms with Crippen LogP contribution in [0.25, 0.3) is 0 Å². The second-order valence-corrected chi connectivity index (χ2v) is 6.88. The van der Waals surface area contributed by atoms with Crippen LogP contribution in [0.4, 0.5) is 25.0 Å². The van der Waals surface area contributed by atoms with Crippen molar-refractivity contribution in [3.8, 4) is 0 Å². The highest BCUT2D eigenvalue weighted by molar-refractivity contribution is 6.10. The van der Waals surface area contributed by atoms with E-state index in [0.29, 0.717) is 16.3 Å². The van der Waals surface area contributed by atoms with Gasteiger partial charge in [-0.3, -0.25) is 19.3 Å². The van der Waals surface area contributed by atoms with E-state index in [4.69, 9.17) is 0 Å². The maximum atomic E-state index is 13.6. The van der Waals surface area contributed by atoms with Gasteiger partial charge in [-0.25, -0.2) is 13.6 Å². The van der Waals surface area contributed by atoms with Gasteiger partial charge < -0.3 is 16.0 Å². The molecule has 0 aromatic heterocycles. The van der Waals surface area contributed by atoms with Gasteiger partial charge in [0.1, 0.15) is 12.1 Å². The van der Waals surface area contributed by atoms with Gasteiger partial charge in [-0.05, 0) is 48.9 Å². The number of anilines is 2. The zero-order chi connectivity index (χ0) is 22.1. The highest BCUT2D eigenvalue weighted by Gasteiger charge is 2.49. The lowest BCUT2D eigenvalue weighted by Gasteiger charge is -2.22. The quantitative estimate of drug-likeness (QED) is 0.650. The summed E-state index contributed by atoms with van der Waals surface area (Å²) < 4.78 is 26.8. The Bertz CT molecular complexity index is 1040. The van der Waals surface area contributed by atoms with Crippen LogP contribution in [0, 0.1) is 11.6 Å². The van der Waals surface area contributed by atoms with Crippen LogP contribution in [-0.4, -0.2) is 35.2 Å². The van der Waals surface area contributed by atoms with Crippen molar-refractivity contribution in [1.82, 2.24) is 10.2 Å². The van der Waals surface area contributed by atoms with Crippen LogP contribution in [0.3, 0.4) is 0 Å². The Morgan fingerprint density at radius 2 is 1.60 bits per heavy atom. The number of imide groups is 1. The predicted octanol–water partition coefficient (Wildman–Crippen LogP) is 2.33. The van der Waals surface area contributed by atoms with Crippen LogP contribution in [0.5, 0.6) is 0 Å². The third-order valence-electron chi connectivity index (χ3n) is 4.56. The average Bonchev–Trinajstić information content (AvgIpc) is 2.89. The van der Waals surface area contributed by atoms with E-state index in [1.165, 1.54) is 19.9 Å². The van der Waals surface area contributed by atoms with Crippen molar-refractivity contribution in [3.05, 3.63) is 59.7 Å². The molecule has 156 valence electrons. The Kier molecular flexibility index (Phi) is 5.50. The molecule has 0 bridgehead atoms. The summed E-state index contributed by atoms with van der Waals surface area (Å²) in [5.74, 6) is -3.89. The lowest BCUT2D eigenvalue weighted by atomic mass is 9.92. The number of carbonyl (C=O) groups excluding carboxylic acids is 4. The number of benzene rings is 2. The fourth-order valence-electron chi connectivity index (χ4n) is 3.03. The smallest absolute Gasteiger partial charge is 0.325 e. The largest absolute Gasteiger partial charge is 0.326 e. The number of halogens is 2. The van der Waals surface area contributed by atoms with Crippen LogP contribution >= 0.6 is 0 Å². The van der Waals surface area contributed by atoms with Crippen LogP contribution in [0.15, 0.2) is 42.5 Å². The van der Waals surface area contributed by atoms with E-state index in [9.17, 15) is 28.0 Å². The molecule has 3 N–H and O–H groups in total. The Balaban J connectivity index is 1.69. The predicted molar refractivity (Wildman–Crippen MR) is 103 cm³/mol. The molecule has 10 heteroatoms. The van der Waals surface area contributed by atoms with E-state index in [1.54, 1.807) is 24.3 Å². The fourth-order valence-corrected chi connectivity index (χ4v) is 3.03. The van der Waals surface area contributed by atoms with E-state index in [2.05, 4.69) is 16.0 Å². The van der Waals surface area contributed by atoms with Gasteiger partial charge in [-0.2, -0.15) is 0 Å². The van der Waals surface area contributed by atoms with Gasteiger partial charge in [-0.1, -0.05) is 6.07 Å². The molecule has 1 fully saturated rings. The SMILES string of the molecule is CC(=O)Nc1ccc(NC(=O)CN2C(=O)N[C@@](C)(c3ccc(F)c(F)c3)C2=O)cc1. The number of carbonyl (C=O) groups is 4. The van der Waals surface area contributed by atoms with Crippen molar-refractivity contribution in [3.63, 3.8) is 0 Å². The van der Waals surface area contributed by atoms with Gasteiger partial charge in [0.05, 0.1) is 0 Å². The third-order valence-corrected chi connectivity index (χ3v) is 4.56. The van der Waals surface area contributed by atoms with E-state index in [-0.39, 0.29) is 11.5 Å². The number of nitrogens with one attached hydrogen (secondary N) is 3. The third kappa shape index (κ3) is 4.12. The van der Waals surface area contributed by atoms with Gasteiger partial charge in [0.2, 0.25) is 11.8 Å². The summed E-state index contributed by atoms with van der Waals surface area (Å²) in [5, 5.41) is 7.54. The molecule has 1 atom stereocenters. The molecule has 2 aromatic rings.